The van der Waals surface area contributed by atoms with Gasteiger partial charge in [0.15, 0.2) is 0 Å². The summed E-state index contributed by atoms with van der Waals surface area (Å²) in [4.78, 5) is 54.0. The number of nitrogens with one attached hydrogen (secondary N) is 4. The normalized spacial score (nSPS) is 15.3. The number of nitrogens with two attached hydrogens (primary N) is 1. The summed E-state index contributed by atoms with van der Waals surface area (Å²) in [7, 11) is 1.28. The van der Waals surface area contributed by atoms with Gasteiger partial charge in [-0.15, -0.1) is 0 Å². The highest BCUT2D eigenvalue weighted by atomic mass is 16.5. The highest BCUT2D eigenvalue weighted by molar-refractivity contribution is 5.94. The van der Waals surface area contributed by atoms with E-state index in [2.05, 4.69) is 21.3 Å². The highest BCUT2D eigenvalue weighted by Crippen LogP contribution is 2.28. The maximum absolute atomic E-state index is 14.1. The molecule has 10 heteroatoms. The zero-order valence-electron chi connectivity index (χ0n) is 31.0. The summed E-state index contributed by atoms with van der Waals surface area (Å²) in [5.41, 5.74) is 8.73. The van der Waals surface area contributed by atoms with Gasteiger partial charge in [0.25, 0.3) is 0 Å². The molecule has 2 aromatic carbocycles. The minimum Gasteiger partial charge on any atom is -0.467 e. The number of benzene rings is 2. The molecule has 0 saturated heterocycles. The van der Waals surface area contributed by atoms with Crippen LogP contribution < -0.4 is 27.0 Å². The summed E-state index contributed by atoms with van der Waals surface area (Å²) < 4.78 is 4.92. The number of carbonyl (C=O) groups excluding carboxylic acids is 4. The van der Waals surface area contributed by atoms with E-state index in [9.17, 15) is 19.2 Å². The highest BCUT2D eigenvalue weighted by Gasteiger charge is 2.34. The van der Waals surface area contributed by atoms with Gasteiger partial charge in [0.05, 0.1) is 19.2 Å². The van der Waals surface area contributed by atoms with Crippen molar-refractivity contribution in [2.24, 2.45) is 29.4 Å². The van der Waals surface area contributed by atoms with Crippen LogP contribution in [0.4, 0.5) is 0 Å². The molecule has 2 rings (SSSR count). The lowest BCUT2D eigenvalue weighted by Crippen LogP contribution is -2.58. The van der Waals surface area contributed by atoms with Gasteiger partial charge in [0.2, 0.25) is 17.7 Å². The molecule has 49 heavy (non-hydrogen) atoms. The van der Waals surface area contributed by atoms with E-state index in [1.807, 2.05) is 116 Å². The number of methoxy groups -OCH3 is 1. The van der Waals surface area contributed by atoms with Crippen molar-refractivity contribution in [3.05, 3.63) is 71.8 Å². The molecule has 0 heterocycles. The Morgan fingerprint density at radius 1 is 0.551 bits per heavy atom. The fourth-order valence-corrected chi connectivity index (χ4v) is 5.92. The standard InChI is InChI=1S/C39H61N5O5/c1-24(2)20-30(41-35(29-18-14-11-15-19-29)34(40)28-16-12-10-13-17-28)36(45)42-31(21-25(3)4)37(46)43-32(22-26(5)6)38(47)44-33(23-27(7)8)39(48)49-9/h10-19,24-27,30-35,41H,20-23,40H2,1-9H3,(H,42,45)(H,43,46)(H,44,47)/t30-,31-,32-,33-,34?,35?/m0/s1. The molecule has 2 aromatic rings. The van der Waals surface area contributed by atoms with Gasteiger partial charge in [-0.3, -0.25) is 19.7 Å². The third-order valence-electron chi connectivity index (χ3n) is 8.30. The molecule has 0 fully saturated rings. The molecular formula is C39H61N5O5. The third kappa shape index (κ3) is 14.3. The predicted octanol–water partition coefficient (Wildman–Crippen LogP) is 5.20. The van der Waals surface area contributed by atoms with Crippen LogP contribution in [0.2, 0.25) is 0 Å². The maximum atomic E-state index is 14.1. The van der Waals surface area contributed by atoms with Gasteiger partial charge in [-0.2, -0.15) is 0 Å². The molecule has 0 bridgehead atoms. The van der Waals surface area contributed by atoms with E-state index in [-0.39, 0.29) is 35.6 Å². The molecule has 10 nitrogen and oxygen atoms in total. The van der Waals surface area contributed by atoms with E-state index in [1.165, 1.54) is 7.11 Å². The van der Waals surface area contributed by atoms with E-state index in [0.29, 0.717) is 25.7 Å². The van der Waals surface area contributed by atoms with Gasteiger partial charge in [-0.25, -0.2) is 4.79 Å². The largest absolute Gasteiger partial charge is 0.467 e. The Labute approximate surface area is 294 Å². The van der Waals surface area contributed by atoms with E-state index < -0.39 is 48.0 Å². The molecule has 0 aliphatic carbocycles. The third-order valence-corrected chi connectivity index (χ3v) is 8.30. The topological polar surface area (TPSA) is 152 Å². The predicted molar refractivity (Wildman–Crippen MR) is 195 cm³/mol. The first-order valence-corrected chi connectivity index (χ1v) is 17.7. The first kappa shape index (κ1) is 41.4. The van der Waals surface area contributed by atoms with Crippen molar-refractivity contribution >= 4 is 23.7 Å². The Hall–Kier alpha value is -3.76. The molecule has 0 aliphatic rings. The molecule has 0 aromatic heterocycles. The molecule has 6 atom stereocenters. The van der Waals surface area contributed by atoms with Crippen LogP contribution >= 0.6 is 0 Å². The molecule has 2 unspecified atom stereocenters. The Kier molecular flexibility index (Phi) is 17.5. The van der Waals surface area contributed by atoms with Gasteiger partial charge >= 0.3 is 5.97 Å². The number of carbonyl (C=O) groups is 4. The summed E-state index contributed by atoms with van der Waals surface area (Å²) in [6.45, 7) is 15.9. The van der Waals surface area contributed by atoms with Gasteiger partial charge in [0.1, 0.15) is 18.1 Å². The Balaban J connectivity index is 2.36. The average Bonchev–Trinajstić information content (AvgIpc) is 3.04. The van der Waals surface area contributed by atoms with Gasteiger partial charge in [0, 0.05) is 6.04 Å². The van der Waals surface area contributed by atoms with Crippen LogP contribution in [-0.4, -0.2) is 55.0 Å². The van der Waals surface area contributed by atoms with Crippen LogP contribution in [0.5, 0.6) is 0 Å². The zero-order chi connectivity index (χ0) is 36.7. The number of esters is 1. The molecule has 6 N–H and O–H groups in total. The van der Waals surface area contributed by atoms with Crippen molar-refractivity contribution < 1.29 is 23.9 Å². The second-order valence-electron chi connectivity index (χ2n) is 14.8. The van der Waals surface area contributed by atoms with Gasteiger partial charge in [-0.1, -0.05) is 116 Å². The monoisotopic (exact) mass is 679 g/mol. The molecule has 0 spiro atoms. The van der Waals surface area contributed by atoms with Crippen LogP contribution in [0.3, 0.4) is 0 Å². The van der Waals surface area contributed by atoms with Crippen molar-refractivity contribution in [1.29, 1.82) is 0 Å². The SMILES string of the molecule is COC(=O)[C@H](CC(C)C)NC(=O)[C@H](CC(C)C)NC(=O)[C@H](CC(C)C)NC(=O)[C@H](CC(C)C)NC(c1ccccc1)C(N)c1ccccc1. The number of rotatable bonds is 20. The molecular weight excluding hydrogens is 618 g/mol. The van der Waals surface area contributed by atoms with Crippen LogP contribution in [0.25, 0.3) is 0 Å². The average molecular weight is 680 g/mol. The van der Waals surface area contributed by atoms with Crippen LogP contribution in [0.15, 0.2) is 60.7 Å². The fourth-order valence-electron chi connectivity index (χ4n) is 5.92. The van der Waals surface area contributed by atoms with E-state index in [4.69, 9.17) is 10.5 Å². The maximum Gasteiger partial charge on any atom is 0.328 e. The summed E-state index contributed by atoms with van der Waals surface area (Å²) in [6, 6.07) is 15.5. The zero-order valence-corrected chi connectivity index (χ0v) is 31.0. The lowest BCUT2D eigenvalue weighted by Gasteiger charge is -2.32. The van der Waals surface area contributed by atoms with Crippen molar-refractivity contribution in [1.82, 2.24) is 21.3 Å². The summed E-state index contributed by atoms with van der Waals surface area (Å²) in [5.74, 6) is -1.34. The Bertz CT molecular complexity index is 1300. The van der Waals surface area contributed by atoms with Gasteiger partial charge in [-0.05, 0) is 60.5 Å². The van der Waals surface area contributed by atoms with E-state index >= 15 is 0 Å². The van der Waals surface area contributed by atoms with Gasteiger partial charge < -0.3 is 26.4 Å². The molecule has 0 saturated carbocycles. The molecule has 272 valence electrons. The van der Waals surface area contributed by atoms with Crippen molar-refractivity contribution in [2.45, 2.75) is 117 Å². The minimum atomic E-state index is -0.908. The Morgan fingerprint density at radius 2 is 0.898 bits per heavy atom. The second kappa shape index (κ2) is 20.7. The molecule has 3 amide bonds. The summed E-state index contributed by atoms with van der Waals surface area (Å²) in [5, 5.41) is 12.3. The van der Waals surface area contributed by atoms with E-state index in [1.54, 1.807) is 0 Å². The van der Waals surface area contributed by atoms with Crippen molar-refractivity contribution in [3.63, 3.8) is 0 Å². The second-order valence-corrected chi connectivity index (χ2v) is 14.8. The number of amides is 3. The van der Waals surface area contributed by atoms with E-state index in [0.717, 1.165) is 11.1 Å². The van der Waals surface area contributed by atoms with Crippen molar-refractivity contribution in [2.75, 3.05) is 7.11 Å². The van der Waals surface area contributed by atoms with Crippen LogP contribution in [-0.2, 0) is 23.9 Å². The van der Waals surface area contributed by atoms with Crippen molar-refractivity contribution in [3.8, 4) is 0 Å². The Morgan fingerprint density at radius 3 is 1.31 bits per heavy atom. The van der Waals surface area contributed by atoms with Crippen LogP contribution in [0, 0.1) is 23.7 Å². The lowest BCUT2D eigenvalue weighted by molar-refractivity contribution is -0.146. The summed E-state index contributed by atoms with van der Waals surface area (Å²) >= 11 is 0. The lowest BCUT2D eigenvalue weighted by atomic mass is 9.92. The summed E-state index contributed by atoms with van der Waals surface area (Å²) in [6.07, 6.45) is 1.62. The number of ether oxygens (including phenoxy) is 1. The quantitative estimate of drug-likeness (QED) is 0.121. The van der Waals surface area contributed by atoms with Crippen LogP contribution in [0.1, 0.15) is 104 Å². The molecule has 0 radical (unpaired) electrons. The number of hydrogen-bond acceptors (Lipinski definition) is 7. The molecule has 0 aliphatic heterocycles. The first-order chi connectivity index (χ1) is 23.1. The minimum absolute atomic E-state index is 0.0687. The smallest absolute Gasteiger partial charge is 0.328 e. The number of hydrogen-bond donors (Lipinski definition) is 5. The fraction of sp³-hybridized carbons (Fsp3) is 0.590. The first-order valence-electron chi connectivity index (χ1n) is 17.7.